The molecule has 106 valence electrons. The largest absolute Gasteiger partial charge is 0.355 e. The maximum absolute atomic E-state index is 4.37. The molecule has 1 aromatic rings. The Kier molecular flexibility index (Phi) is 5.58. The molecule has 1 aromatic heterocycles. The number of nitrogens with zero attached hydrogens (tertiary/aromatic N) is 3. The fraction of sp³-hybridized carbons (Fsp3) is 0.733. The zero-order chi connectivity index (χ0) is 13.5. The number of anilines is 1. The molecule has 19 heavy (non-hydrogen) atoms. The van der Waals surface area contributed by atoms with Gasteiger partial charge in [-0.2, -0.15) is 5.10 Å². The Hall–Kier alpha value is -1.16. The highest BCUT2D eigenvalue weighted by Crippen LogP contribution is 2.23. The Labute approximate surface area is 116 Å². The van der Waals surface area contributed by atoms with Crippen molar-refractivity contribution in [3.8, 4) is 0 Å². The van der Waals surface area contributed by atoms with Crippen molar-refractivity contribution >= 4 is 5.82 Å². The van der Waals surface area contributed by atoms with Crippen molar-refractivity contribution in [3.05, 3.63) is 17.8 Å². The predicted molar refractivity (Wildman–Crippen MR) is 79.3 cm³/mol. The van der Waals surface area contributed by atoms with E-state index in [9.17, 15) is 0 Å². The van der Waals surface area contributed by atoms with E-state index in [1.807, 2.05) is 0 Å². The van der Waals surface area contributed by atoms with Crippen LogP contribution in [0.5, 0.6) is 0 Å². The van der Waals surface area contributed by atoms with Gasteiger partial charge in [0.05, 0.1) is 5.69 Å². The second-order valence-electron chi connectivity index (χ2n) is 5.42. The molecule has 2 rings (SSSR count). The van der Waals surface area contributed by atoms with Crippen molar-refractivity contribution in [2.24, 2.45) is 0 Å². The van der Waals surface area contributed by atoms with E-state index in [1.54, 1.807) is 0 Å². The maximum Gasteiger partial charge on any atom is 0.151 e. The molecule has 0 amide bonds. The molecule has 0 saturated heterocycles. The molecule has 0 spiro atoms. The van der Waals surface area contributed by atoms with E-state index in [0.717, 1.165) is 24.6 Å². The summed E-state index contributed by atoms with van der Waals surface area (Å²) in [5.74, 6) is 1.01. The monoisotopic (exact) mass is 262 g/mol. The number of aromatic nitrogens is 2. The first kappa shape index (κ1) is 14.3. The molecule has 4 heteroatoms. The van der Waals surface area contributed by atoms with Gasteiger partial charge < -0.3 is 10.2 Å². The Balaban J connectivity index is 1.95. The number of nitrogens with one attached hydrogen (secondary N) is 1. The third kappa shape index (κ3) is 4.16. The lowest BCUT2D eigenvalue weighted by molar-refractivity contribution is 0.546. The van der Waals surface area contributed by atoms with Crippen molar-refractivity contribution in [1.29, 1.82) is 0 Å². The summed E-state index contributed by atoms with van der Waals surface area (Å²) < 4.78 is 0. The van der Waals surface area contributed by atoms with Gasteiger partial charge in [0.25, 0.3) is 0 Å². The van der Waals surface area contributed by atoms with E-state index >= 15 is 0 Å². The Bertz CT molecular complexity index is 355. The number of rotatable bonds is 5. The highest BCUT2D eigenvalue weighted by molar-refractivity contribution is 5.37. The van der Waals surface area contributed by atoms with E-state index in [-0.39, 0.29) is 0 Å². The summed E-state index contributed by atoms with van der Waals surface area (Å²) in [6, 6.07) is 4.82. The summed E-state index contributed by atoms with van der Waals surface area (Å²) in [7, 11) is 2.16. The molecule has 1 aliphatic rings. The lowest BCUT2D eigenvalue weighted by Crippen LogP contribution is -2.32. The molecular formula is C15H26N4. The fourth-order valence-corrected chi connectivity index (χ4v) is 2.72. The third-order valence-corrected chi connectivity index (χ3v) is 4.00. The summed E-state index contributed by atoms with van der Waals surface area (Å²) >= 11 is 0. The van der Waals surface area contributed by atoms with Gasteiger partial charge in [-0.05, 0) is 31.5 Å². The molecule has 0 atom stereocenters. The zero-order valence-electron chi connectivity index (χ0n) is 12.2. The van der Waals surface area contributed by atoms with E-state index in [2.05, 4.69) is 46.5 Å². The van der Waals surface area contributed by atoms with Gasteiger partial charge in [-0.3, -0.25) is 0 Å². The Morgan fingerprint density at radius 1 is 1.16 bits per heavy atom. The van der Waals surface area contributed by atoms with Crippen LogP contribution in [0, 0.1) is 0 Å². The van der Waals surface area contributed by atoms with Gasteiger partial charge in [-0.15, -0.1) is 5.10 Å². The van der Waals surface area contributed by atoms with Crippen molar-refractivity contribution in [2.45, 2.75) is 58.0 Å². The van der Waals surface area contributed by atoms with Gasteiger partial charge in [0.15, 0.2) is 5.82 Å². The van der Waals surface area contributed by atoms with E-state index in [4.69, 9.17) is 0 Å². The van der Waals surface area contributed by atoms with E-state index in [0.29, 0.717) is 6.04 Å². The molecule has 0 unspecified atom stereocenters. The zero-order valence-corrected chi connectivity index (χ0v) is 12.2. The van der Waals surface area contributed by atoms with Crippen LogP contribution < -0.4 is 10.2 Å². The number of hydrogen-bond donors (Lipinski definition) is 1. The molecule has 0 aliphatic heterocycles. The minimum Gasteiger partial charge on any atom is -0.355 e. The highest BCUT2D eigenvalue weighted by Gasteiger charge is 2.18. The van der Waals surface area contributed by atoms with Crippen LogP contribution in [-0.2, 0) is 6.54 Å². The van der Waals surface area contributed by atoms with Crippen LogP contribution in [0.15, 0.2) is 12.1 Å². The van der Waals surface area contributed by atoms with Crippen molar-refractivity contribution in [2.75, 3.05) is 18.5 Å². The van der Waals surface area contributed by atoms with Crippen LogP contribution in [0.4, 0.5) is 5.82 Å². The molecule has 1 aliphatic carbocycles. The highest BCUT2D eigenvalue weighted by atomic mass is 15.3. The van der Waals surface area contributed by atoms with Crippen LogP contribution in [-0.4, -0.2) is 29.8 Å². The molecule has 1 heterocycles. The van der Waals surface area contributed by atoms with E-state index < -0.39 is 0 Å². The quantitative estimate of drug-likeness (QED) is 0.828. The smallest absolute Gasteiger partial charge is 0.151 e. The van der Waals surface area contributed by atoms with Crippen molar-refractivity contribution in [1.82, 2.24) is 15.5 Å². The lowest BCUT2D eigenvalue weighted by Gasteiger charge is -2.27. The molecule has 0 radical (unpaired) electrons. The van der Waals surface area contributed by atoms with Crippen LogP contribution in [0.3, 0.4) is 0 Å². The lowest BCUT2D eigenvalue weighted by atomic mass is 10.1. The number of hydrogen-bond acceptors (Lipinski definition) is 4. The van der Waals surface area contributed by atoms with Gasteiger partial charge >= 0.3 is 0 Å². The van der Waals surface area contributed by atoms with Gasteiger partial charge in [0.2, 0.25) is 0 Å². The van der Waals surface area contributed by atoms with E-state index in [1.165, 1.54) is 38.5 Å². The standard InChI is InChI=1S/C15H26N4/c1-3-16-12-13-10-11-15(18-17-13)19(2)14-8-6-4-5-7-9-14/h10-11,14,16H,3-9,12H2,1-2H3. The summed E-state index contributed by atoms with van der Waals surface area (Å²) in [5.41, 5.74) is 1.01. The molecule has 0 bridgehead atoms. The minimum absolute atomic E-state index is 0.636. The van der Waals surface area contributed by atoms with Crippen LogP contribution in [0.1, 0.15) is 51.1 Å². The van der Waals surface area contributed by atoms with Gasteiger partial charge in [-0.1, -0.05) is 32.6 Å². The summed E-state index contributed by atoms with van der Waals surface area (Å²) in [4.78, 5) is 2.31. The van der Waals surface area contributed by atoms with Crippen LogP contribution in [0.2, 0.25) is 0 Å². The molecule has 1 fully saturated rings. The molecule has 1 N–H and O–H groups in total. The Morgan fingerprint density at radius 2 is 1.89 bits per heavy atom. The molecule has 4 nitrogen and oxygen atoms in total. The van der Waals surface area contributed by atoms with Crippen molar-refractivity contribution < 1.29 is 0 Å². The first-order valence-corrected chi connectivity index (χ1v) is 7.57. The fourth-order valence-electron chi connectivity index (χ4n) is 2.72. The van der Waals surface area contributed by atoms with Gasteiger partial charge in [0, 0.05) is 19.6 Å². The van der Waals surface area contributed by atoms with Gasteiger partial charge in [-0.25, -0.2) is 0 Å². The molecular weight excluding hydrogens is 236 g/mol. The normalized spacial score (nSPS) is 17.2. The first-order chi connectivity index (χ1) is 9.31. The van der Waals surface area contributed by atoms with Crippen LogP contribution in [0.25, 0.3) is 0 Å². The predicted octanol–water partition coefficient (Wildman–Crippen LogP) is 2.75. The second-order valence-corrected chi connectivity index (χ2v) is 5.42. The minimum atomic E-state index is 0.636. The SMILES string of the molecule is CCNCc1ccc(N(C)C2CCCCCC2)nn1. The molecule has 0 aromatic carbocycles. The third-order valence-electron chi connectivity index (χ3n) is 4.00. The second kappa shape index (κ2) is 7.43. The average molecular weight is 262 g/mol. The summed E-state index contributed by atoms with van der Waals surface area (Å²) in [6.45, 7) is 3.87. The molecule has 1 saturated carbocycles. The first-order valence-electron chi connectivity index (χ1n) is 7.57. The average Bonchev–Trinajstić information content (AvgIpc) is 2.74. The Morgan fingerprint density at radius 3 is 2.47 bits per heavy atom. The topological polar surface area (TPSA) is 41.0 Å². The van der Waals surface area contributed by atoms with Crippen LogP contribution >= 0.6 is 0 Å². The maximum atomic E-state index is 4.37. The summed E-state index contributed by atoms with van der Waals surface area (Å²) in [6.07, 6.45) is 8.05. The summed E-state index contributed by atoms with van der Waals surface area (Å²) in [5, 5.41) is 11.9. The van der Waals surface area contributed by atoms with Gasteiger partial charge in [0.1, 0.15) is 0 Å². The van der Waals surface area contributed by atoms with Crippen molar-refractivity contribution in [3.63, 3.8) is 0 Å².